The van der Waals surface area contributed by atoms with Crippen LogP contribution in [0.15, 0.2) is 168 Å². The zero-order valence-electron chi connectivity index (χ0n) is 24.4. The van der Waals surface area contributed by atoms with Gasteiger partial charge in [-0.05, 0) is 40.8 Å². The zero-order chi connectivity index (χ0) is 29.9. The molecular formula is C41H30N2S. The molecule has 0 atom stereocenters. The van der Waals surface area contributed by atoms with Crippen LogP contribution in [0.2, 0.25) is 0 Å². The third-order valence-electron chi connectivity index (χ3n) is 7.87. The fourth-order valence-corrected chi connectivity index (χ4v) is 6.90. The smallest absolute Gasteiger partial charge is 0.160 e. The van der Waals surface area contributed by atoms with Crippen molar-refractivity contribution in [1.29, 1.82) is 0 Å². The summed E-state index contributed by atoms with van der Waals surface area (Å²) < 4.78 is 2.52. The van der Waals surface area contributed by atoms with Gasteiger partial charge in [0.25, 0.3) is 0 Å². The van der Waals surface area contributed by atoms with Crippen molar-refractivity contribution in [2.75, 3.05) is 0 Å². The van der Waals surface area contributed by atoms with Crippen LogP contribution in [-0.2, 0) is 0 Å². The Morgan fingerprint density at radius 1 is 0.545 bits per heavy atom. The van der Waals surface area contributed by atoms with Crippen molar-refractivity contribution in [3.05, 3.63) is 175 Å². The number of thiophene rings is 1. The molecule has 7 rings (SSSR count). The Morgan fingerprint density at radius 2 is 1.14 bits per heavy atom. The van der Waals surface area contributed by atoms with E-state index in [1.807, 2.05) is 72.0 Å². The fourth-order valence-electron chi connectivity index (χ4n) is 5.63. The van der Waals surface area contributed by atoms with E-state index in [0.717, 1.165) is 22.4 Å². The first-order chi connectivity index (χ1) is 21.7. The second-order valence-electron chi connectivity index (χ2n) is 10.7. The van der Waals surface area contributed by atoms with Crippen molar-refractivity contribution < 1.29 is 0 Å². The molecular weight excluding hydrogens is 553 g/mol. The van der Waals surface area contributed by atoms with Crippen LogP contribution in [0.3, 0.4) is 0 Å². The molecule has 0 spiro atoms. The highest BCUT2D eigenvalue weighted by Gasteiger charge is 2.15. The molecule has 0 aliphatic carbocycles. The lowest BCUT2D eigenvalue weighted by Crippen LogP contribution is -2.04. The molecule has 6 aromatic carbocycles. The van der Waals surface area contributed by atoms with Crippen molar-refractivity contribution in [2.45, 2.75) is 6.92 Å². The molecule has 2 nitrogen and oxygen atoms in total. The van der Waals surface area contributed by atoms with Crippen molar-refractivity contribution in [2.24, 2.45) is 9.98 Å². The van der Waals surface area contributed by atoms with Crippen LogP contribution in [0, 0.1) is 0 Å². The molecule has 44 heavy (non-hydrogen) atoms. The summed E-state index contributed by atoms with van der Waals surface area (Å²) in [5, 5.41) is 2.47. The molecule has 0 bridgehead atoms. The average molecular weight is 583 g/mol. The molecule has 0 fully saturated rings. The minimum atomic E-state index is 0.646. The van der Waals surface area contributed by atoms with Crippen LogP contribution in [0.1, 0.15) is 23.6 Å². The standard InChI is InChI=1S/C41H30N2S/c1-28(30-14-6-3-7-15-30)42-41(34-18-10-5-11-19-34)43-29(2)35-20-13-23-38-39(35)37-22-12-21-36(40(37)44-38)33-26-24-32(25-27-33)31-16-8-4-9-17-31/h3-27H,1H2,2H3/b42-41-,43-29+. The van der Waals surface area contributed by atoms with Crippen molar-refractivity contribution in [1.82, 2.24) is 0 Å². The molecule has 210 valence electrons. The number of nitrogens with zero attached hydrogens (tertiary/aromatic N) is 2. The van der Waals surface area contributed by atoms with Crippen LogP contribution in [0.5, 0.6) is 0 Å². The molecule has 0 aliphatic rings. The molecule has 0 saturated heterocycles. The molecule has 1 heterocycles. The lowest BCUT2D eigenvalue weighted by molar-refractivity contribution is 1.44. The van der Waals surface area contributed by atoms with E-state index in [1.54, 1.807) is 0 Å². The van der Waals surface area contributed by atoms with Crippen molar-refractivity contribution >= 4 is 48.8 Å². The van der Waals surface area contributed by atoms with E-state index in [0.29, 0.717) is 11.5 Å². The summed E-state index contributed by atoms with van der Waals surface area (Å²) in [6, 6.07) is 52.7. The first-order valence-corrected chi connectivity index (χ1v) is 15.5. The largest absolute Gasteiger partial charge is 0.233 e. The Labute approximate surface area is 262 Å². The Bertz CT molecular complexity index is 2160. The van der Waals surface area contributed by atoms with Crippen LogP contribution >= 0.6 is 11.3 Å². The molecule has 0 amide bonds. The lowest BCUT2D eigenvalue weighted by atomic mass is 9.97. The maximum Gasteiger partial charge on any atom is 0.160 e. The SMILES string of the molecule is C=C(/N=C(\N=C(/C)c1cccc2sc3c(-c4ccc(-c5ccccc5)cc4)cccc3c12)c1ccccc1)c1ccccc1. The summed E-state index contributed by atoms with van der Waals surface area (Å²) in [7, 11) is 0. The Hall–Kier alpha value is -5.38. The van der Waals surface area contributed by atoms with Crippen LogP contribution < -0.4 is 0 Å². The minimum Gasteiger partial charge on any atom is -0.233 e. The van der Waals surface area contributed by atoms with E-state index in [1.165, 1.54) is 42.4 Å². The Morgan fingerprint density at radius 3 is 1.84 bits per heavy atom. The van der Waals surface area contributed by atoms with Gasteiger partial charge >= 0.3 is 0 Å². The van der Waals surface area contributed by atoms with Crippen molar-refractivity contribution in [3.63, 3.8) is 0 Å². The maximum absolute atomic E-state index is 5.15. The third kappa shape index (κ3) is 5.42. The number of amidine groups is 1. The summed E-state index contributed by atoms with van der Waals surface area (Å²) in [6.07, 6.45) is 0. The number of rotatable bonds is 6. The number of hydrogen-bond acceptors (Lipinski definition) is 2. The molecule has 0 N–H and O–H groups in total. The van der Waals surface area contributed by atoms with E-state index < -0.39 is 0 Å². The van der Waals surface area contributed by atoms with Gasteiger partial charge in [-0.15, -0.1) is 11.3 Å². The van der Waals surface area contributed by atoms with Gasteiger partial charge < -0.3 is 0 Å². The maximum atomic E-state index is 5.15. The predicted molar refractivity (Wildman–Crippen MR) is 191 cm³/mol. The van der Waals surface area contributed by atoms with Gasteiger partial charge in [0.05, 0.1) is 5.70 Å². The van der Waals surface area contributed by atoms with Gasteiger partial charge in [0.15, 0.2) is 5.84 Å². The second-order valence-corrected chi connectivity index (χ2v) is 11.8. The molecule has 0 saturated carbocycles. The molecule has 3 heteroatoms. The number of hydrogen-bond donors (Lipinski definition) is 0. The second kappa shape index (κ2) is 12.1. The van der Waals surface area contributed by atoms with Gasteiger partial charge in [0.2, 0.25) is 0 Å². The highest BCUT2D eigenvalue weighted by atomic mass is 32.1. The van der Waals surface area contributed by atoms with Gasteiger partial charge in [-0.25, -0.2) is 9.98 Å². The first kappa shape index (κ1) is 27.5. The first-order valence-electron chi connectivity index (χ1n) is 14.7. The van der Waals surface area contributed by atoms with Gasteiger partial charge in [-0.2, -0.15) is 0 Å². The van der Waals surface area contributed by atoms with E-state index in [4.69, 9.17) is 9.98 Å². The normalized spacial score (nSPS) is 12.1. The van der Waals surface area contributed by atoms with Crippen molar-refractivity contribution in [3.8, 4) is 22.3 Å². The molecule has 7 aromatic rings. The summed E-state index contributed by atoms with van der Waals surface area (Å²) in [4.78, 5) is 10.1. The summed E-state index contributed by atoms with van der Waals surface area (Å²) in [5.74, 6) is 0.646. The van der Waals surface area contributed by atoms with Crippen LogP contribution in [0.4, 0.5) is 0 Å². The van der Waals surface area contributed by atoms with E-state index in [-0.39, 0.29) is 0 Å². The van der Waals surface area contributed by atoms with Gasteiger partial charge in [0.1, 0.15) is 0 Å². The lowest BCUT2D eigenvalue weighted by Gasteiger charge is -2.09. The zero-order valence-corrected chi connectivity index (χ0v) is 25.3. The molecule has 1 aromatic heterocycles. The molecule has 0 unspecified atom stereocenters. The van der Waals surface area contributed by atoms with Crippen LogP contribution in [0.25, 0.3) is 48.1 Å². The van der Waals surface area contributed by atoms with Gasteiger partial charge in [0, 0.05) is 37.0 Å². The number of aliphatic imine (C=N–C) groups is 2. The topological polar surface area (TPSA) is 24.7 Å². The van der Waals surface area contributed by atoms with E-state index in [9.17, 15) is 0 Å². The predicted octanol–water partition coefficient (Wildman–Crippen LogP) is 11.3. The molecule has 0 aliphatic heterocycles. The minimum absolute atomic E-state index is 0.646. The molecule has 0 radical (unpaired) electrons. The average Bonchev–Trinajstić information content (AvgIpc) is 3.48. The third-order valence-corrected chi connectivity index (χ3v) is 9.07. The number of fused-ring (bicyclic) bond motifs is 3. The Kier molecular flexibility index (Phi) is 7.54. The highest BCUT2D eigenvalue weighted by molar-refractivity contribution is 7.26. The summed E-state index contributed by atoms with van der Waals surface area (Å²) in [5.41, 5.74) is 9.54. The summed E-state index contributed by atoms with van der Waals surface area (Å²) in [6.45, 7) is 6.34. The highest BCUT2D eigenvalue weighted by Crippen LogP contribution is 2.41. The number of benzene rings is 6. The quantitative estimate of drug-likeness (QED) is 0.138. The fraction of sp³-hybridized carbons (Fsp3) is 0.0244. The van der Waals surface area contributed by atoms with E-state index in [2.05, 4.69) is 104 Å². The van der Waals surface area contributed by atoms with Gasteiger partial charge in [-0.1, -0.05) is 152 Å². The van der Waals surface area contributed by atoms with E-state index >= 15 is 0 Å². The van der Waals surface area contributed by atoms with Gasteiger partial charge in [-0.3, -0.25) is 0 Å². The monoisotopic (exact) mass is 582 g/mol. The van der Waals surface area contributed by atoms with Crippen LogP contribution in [-0.4, -0.2) is 11.5 Å². The Balaban J connectivity index is 1.32. The summed E-state index contributed by atoms with van der Waals surface area (Å²) >= 11 is 1.84.